The molecule has 0 aliphatic heterocycles. The second-order valence-corrected chi connectivity index (χ2v) is 4.67. The number of aromatic nitrogens is 3. The van der Waals surface area contributed by atoms with E-state index in [4.69, 9.17) is 16.3 Å². The number of amides is 1. The van der Waals surface area contributed by atoms with E-state index in [1.165, 1.54) is 0 Å². The summed E-state index contributed by atoms with van der Waals surface area (Å²) in [5.74, 6) is 0.237. The third kappa shape index (κ3) is 3.58. The Bertz CT molecular complexity index is 601. The van der Waals surface area contributed by atoms with Crippen LogP contribution in [0, 0.1) is 0 Å². The molecule has 0 bridgehead atoms. The Balaban J connectivity index is 1.98. The first kappa shape index (κ1) is 14.5. The molecule has 2 rings (SSSR count). The Morgan fingerprint density at radius 1 is 1.55 bits per heavy atom. The summed E-state index contributed by atoms with van der Waals surface area (Å²) in [4.78, 5) is 16.0. The van der Waals surface area contributed by atoms with Crippen molar-refractivity contribution in [3.8, 4) is 0 Å². The number of pyridine rings is 1. The maximum atomic E-state index is 11.8. The van der Waals surface area contributed by atoms with Gasteiger partial charge in [0.15, 0.2) is 5.65 Å². The number of rotatable bonds is 6. The van der Waals surface area contributed by atoms with Crippen molar-refractivity contribution in [3.63, 3.8) is 0 Å². The van der Waals surface area contributed by atoms with Crippen molar-refractivity contribution < 1.29 is 9.53 Å². The van der Waals surface area contributed by atoms with Crippen molar-refractivity contribution in [3.05, 3.63) is 23.4 Å². The average Bonchev–Trinajstić information content (AvgIpc) is 2.80. The van der Waals surface area contributed by atoms with Gasteiger partial charge in [-0.05, 0) is 19.1 Å². The van der Waals surface area contributed by atoms with Gasteiger partial charge in [0.2, 0.25) is 11.9 Å². The van der Waals surface area contributed by atoms with E-state index in [0.717, 1.165) is 0 Å². The van der Waals surface area contributed by atoms with Crippen molar-refractivity contribution in [1.29, 1.82) is 0 Å². The molecule has 0 fully saturated rings. The number of hydrogen-bond acceptors (Lipinski definition) is 5. The fourth-order valence-corrected chi connectivity index (χ4v) is 1.76. The van der Waals surface area contributed by atoms with Crippen molar-refractivity contribution in [2.24, 2.45) is 0 Å². The highest BCUT2D eigenvalue weighted by atomic mass is 35.5. The van der Waals surface area contributed by atoms with E-state index in [-0.39, 0.29) is 5.91 Å². The lowest BCUT2D eigenvalue weighted by atomic mass is 10.3. The van der Waals surface area contributed by atoms with Crippen molar-refractivity contribution in [2.75, 3.05) is 25.6 Å². The van der Waals surface area contributed by atoms with Crippen molar-refractivity contribution in [2.45, 2.75) is 13.0 Å². The predicted molar refractivity (Wildman–Crippen MR) is 76.0 cm³/mol. The molecule has 2 aromatic rings. The molecule has 0 aliphatic carbocycles. The summed E-state index contributed by atoms with van der Waals surface area (Å²) >= 11 is 5.87. The summed E-state index contributed by atoms with van der Waals surface area (Å²) in [6.45, 7) is 2.68. The van der Waals surface area contributed by atoms with E-state index < -0.39 is 6.04 Å². The smallest absolute Gasteiger partial charge is 0.243 e. The number of fused-ring (bicyclic) bond motifs is 1. The van der Waals surface area contributed by atoms with E-state index in [0.29, 0.717) is 29.8 Å². The molecular weight excluding hydrogens is 282 g/mol. The standard InChI is InChI=1S/C12H16ClN5O2/c1-8(11(19)14-5-6-20-2)15-12-16-10-4-3-9(13)7-18(10)17-12/h3-4,7-8H,5-6H2,1-2H3,(H,14,19)(H,15,17). The summed E-state index contributed by atoms with van der Waals surface area (Å²) in [5, 5.41) is 10.4. The highest BCUT2D eigenvalue weighted by Gasteiger charge is 2.14. The molecule has 1 unspecified atom stereocenters. The number of carbonyl (C=O) groups is 1. The van der Waals surface area contributed by atoms with E-state index in [1.54, 1.807) is 36.9 Å². The van der Waals surface area contributed by atoms with Gasteiger partial charge in [-0.15, -0.1) is 5.10 Å². The van der Waals surface area contributed by atoms with Crippen LogP contribution in [0.3, 0.4) is 0 Å². The van der Waals surface area contributed by atoms with E-state index in [9.17, 15) is 4.79 Å². The molecule has 0 saturated heterocycles. The molecule has 108 valence electrons. The zero-order valence-electron chi connectivity index (χ0n) is 11.3. The number of nitrogens with one attached hydrogen (secondary N) is 2. The molecule has 0 aromatic carbocycles. The molecule has 8 heteroatoms. The molecule has 7 nitrogen and oxygen atoms in total. The number of halogens is 1. The Hall–Kier alpha value is -1.86. The number of methoxy groups -OCH3 is 1. The number of nitrogens with zero attached hydrogens (tertiary/aromatic N) is 3. The van der Waals surface area contributed by atoms with Crippen LogP contribution in [-0.2, 0) is 9.53 Å². The third-order valence-corrected chi connectivity index (χ3v) is 2.86. The average molecular weight is 298 g/mol. The molecule has 0 spiro atoms. The van der Waals surface area contributed by atoms with Gasteiger partial charge in [0.25, 0.3) is 0 Å². The fourth-order valence-electron chi connectivity index (χ4n) is 1.61. The van der Waals surface area contributed by atoms with Crippen LogP contribution >= 0.6 is 11.6 Å². The van der Waals surface area contributed by atoms with E-state index in [1.807, 2.05) is 0 Å². The zero-order valence-corrected chi connectivity index (χ0v) is 12.0. The van der Waals surface area contributed by atoms with Crippen LogP contribution in [0.2, 0.25) is 5.02 Å². The van der Waals surface area contributed by atoms with Crippen LogP contribution in [0.1, 0.15) is 6.92 Å². The second kappa shape index (κ2) is 6.53. The Kier molecular flexibility index (Phi) is 4.75. The van der Waals surface area contributed by atoms with Crippen LogP contribution in [0.25, 0.3) is 5.65 Å². The van der Waals surface area contributed by atoms with Gasteiger partial charge in [-0.1, -0.05) is 11.6 Å². The fraction of sp³-hybridized carbons (Fsp3) is 0.417. The lowest BCUT2D eigenvalue weighted by Crippen LogP contribution is -2.39. The zero-order chi connectivity index (χ0) is 14.5. The largest absolute Gasteiger partial charge is 0.383 e. The lowest BCUT2D eigenvalue weighted by molar-refractivity contribution is -0.121. The highest BCUT2D eigenvalue weighted by molar-refractivity contribution is 6.30. The van der Waals surface area contributed by atoms with Crippen LogP contribution in [0.4, 0.5) is 5.95 Å². The highest BCUT2D eigenvalue weighted by Crippen LogP contribution is 2.11. The lowest BCUT2D eigenvalue weighted by Gasteiger charge is -2.12. The minimum absolute atomic E-state index is 0.140. The summed E-state index contributed by atoms with van der Waals surface area (Å²) in [6.07, 6.45) is 1.65. The van der Waals surface area contributed by atoms with Crippen molar-refractivity contribution >= 4 is 29.1 Å². The molecule has 0 radical (unpaired) electrons. The number of anilines is 1. The number of carbonyl (C=O) groups excluding carboxylic acids is 1. The van der Waals surface area contributed by atoms with Gasteiger partial charge >= 0.3 is 0 Å². The van der Waals surface area contributed by atoms with Gasteiger partial charge in [0.1, 0.15) is 6.04 Å². The molecule has 2 N–H and O–H groups in total. The van der Waals surface area contributed by atoms with Gasteiger partial charge < -0.3 is 15.4 Å². The first-order chi connectivity index (χ1) is 9.60. The molecule has 1 amide bonds. The SMILES string of the molecule is COCCNC(=O)C(C)Nc1nc2ccc(Cl)cn2n1. The second-order valence-electron chi connectivity index (χ2n) is 4.24. The summed E-state index contributed by atoms with van der Waals surface area (Å²) in [6, 6.07) is 3.04. The summed E-state index contributed by atoms with van der Waals surface area (Å²) in [7, 11) is 1.58. The van der Waals surface area contributed by atoms with Crippen LogP contribution in [0.5, 0.6) is 0 Å². The van der Waals surface area contributed by atoms with Crippen molar-refractivity contribution in [1.82, 2.24) is 19.9 Å². The first-order valence-electron chi connectivity index (χ1n) is 6.15. The van der Waals surface area contributed by atoms with Gasteiger partial charge in [-0.3, -0.25) is 4.79 Å². The Morgan fingerprint density at radius 2 is 2.35 bits per heavy atom. The first-order valence-corrected chi connectivity index (χ1v) is 6.53. The monoisotopic (exact) mass is 297 g/mol. The minimum Gasteiger partial charge on any atom is -0.383 e. The molecular formula is C12H16ClN5O2. The van der Waals surface area contributed by atoms with E-state index in [2.05, 4.69) is 20.7 Å². The van der Waals surface area contributed by atoms with Gasteiger partial charge in [-0.25, -0.2) is 4.52 Å². The van der Waals surface area contributed by atoms with Crippen LogP contribution < -0.4 is 10.6 Å². The Labute approximate surface area is 121 Å². The number of hydrogen-bond donors (Lipinski definition) is 2. The van der Waals surface area contributed by atoms with Gasteiger partial charge in [0.05, 0.1) is 11.6 Å². The molecule has 2 heterocycles. The van der Waals surface area contributed by atoms with Crippen LogP contribution in [-0.4, -0.2) is 46.8 Å². The topological polar surface area (TPSA) is 80.5 Å². The normalized spacial score (nSPS) is 12.3. The summed E-state index contributed by atoms with van der Waals surface area (Å²) < 4.78 is 6.42. The van der Waals surface area contributed by atoms with Crippen LogP contribution in [0.15, 0.2) is 18.3 Å². The van der Waals surface area contributed by atoms with Gasteiger partial charge in [0, 0.05) is 19.9 Å². The maximum Gasteiger partial charge on any atom is 0.243 e. The Morgan fingerprint density at radius 3 is 3.10 bits per heavy atom. The summed E-state index contributed by atoms with van der Waals surface area (Å²) in [5.41, 5.74) is 0.656. The molecule has 0 saturated carbocycles. The van der Waals surface area contributed by atoms with E-state index >= 15 is 0 Å². The minimum atomic E-state index is -0.445. The molecule has 1 atom stereocenters. The molecule has 2 aromatic heterocycles. The predicted octanol–water partition coefficient (Wildman–Crippen LogP) is 0.946. The number of ether oxygens (including phenoxy) is 1. The molecule has 0 aliphatic rings. The maximum absolute atomic E-state index is 11.8. The molecule has 20 heavy (non-hydrogen) atoms. The quantitative estimate of drug-likeness (QED) is 0.776. The third-order valence-electron chi connectivity index (χ3n) is 2.64. The van der Waals surface area contributed by atoms with Gasteiger partial charge in [-0.2, -0.15) is 4.98 Å².